The van der Waals surface area contributed by atoms with E-state index in [1.54, 1.807) is 9.58 Å². The molecule has 20 heavy (non-hydrogen) atoms. The van der Waals surface area contributed by atoms with E-state index in [9.17, 15) is 4.79 Å². The van der Waals surface area contributed by atoms with Crippen LogP contribution in [0, 0.1) is 6.92 Å². The van der Waals surface area contributed by atoms with Gasteiger partial charge in [-0.1, -0.05) is 30.3 Å². The zero-order valence-corrected chi connectivity index (χ0v) is 11.5. The first-order valence-corrected chi connectivity index (χ1v) is 6.50. The number of rotatable bonds is 3. The third-order valence-corrected chi connectivity index (χ3v) is 3.43. The number of carbonyl (C=O) groups excluding carboxylic acids is 1. The number of carbonyl (C=O) groups is 1. The minimum absolute atomic E-state index is 0.0688. The van der Waals surface area contributed by atoms with Crippen molar-refractivity contribution in [2.75, 3.05) is 6.61 Å². The van der Waals surface area contributed by atoms with E-state index in [1.165, 1.54) is 0 Å². The second-order valence-electron chi connectivity index (χ2n) is 4.83. The first-order chi connectivity index (χ1) is 9.65. The molecule has 3 rings (SSSR count). The summed E-state index contributed by atoms with van der Waals surface area (Å²) in [5.41, 5.74) is 1.07. The van der Waals surface area contributed by atoms with Gasteiger partial charge in [0.15, 0.2) is 0 Å². The van der Waals surface area contributed by atoms with E-state index in [4.69, 9.17) is 4.74 Å². The van der Waals surface area contributed by atoms with Crippen molar-refractivity contribution in [3.05, 3.63) is 47.5 Å². The van der Waals surface area contributed by atoms with Crippen LogP contribution in [-0.2, 0) is 18.3 Å². The summed E-state index contributed by atoms with van der Waals surface area (Å²) < 4.78 is 6.88. The Hall–Kier alpha value is -2.37. The standard InChI is InChI=1S/C14H16N4O2/c1-10-15-13(17(2)16-10)8-18-12(9-20-14(18)19)11-6-4-3-5-7-11/h3-7,12H,8-9H2,1-2H3/t12-/m1/s1. The number of aryl methyl sites for hydroxylation is 2. The smallest absolute Gasteiger partial charge is 0.410 e. The number of nitrogens with zero attached hydrogens (tertiary/aromatic N) is 4. The first kappa shape index (κ1) is 12.7. The predicted octanol–water partition coefficient (Wildman–Crippen LogP) is 1.82. The van der Waals surface area contributed by atoms with Crippen molar-refractivity contribution >= 4 is 6.09 Å². The zero-order valence-electron chi connectivity index (χ0n) is 11.5. The number of hydrogen-bond donors (Lipinski definition) is 0. The molecule has 2 heterocycles. The molecule has 104 valence electrons. The molecule has 0 aliphatic carbocycles. The van der Waals surface area contributed by atoms with Gasteiger partial charge in [-0.2, -0.15) is 5.10 Å². The number of cyclic esters (lactones) is 1. The molecule has 1 aromatic carbocycles. The maximum atomic E-state index is 11.9. The minimum Gasteiger partial charge on any atom is -0.447 e. The Labute approximate surface area is 117 Å². The number of amides is 1. The Kier molecular flexibility index (Phi) is 3.14. The van der Waals surface area contributed by atoms with Crippen molar-refractivity contribution in [1.82, 2.24) is 19.7 Å². The van der Waals surface area contributed by atoms with E-state index < -0.39 is 0 Å². The molecular formula is C14H16N4O2. The summed E-state index contributed by atoms with van der Waals surface area (Å²) in [5, 5.41) is 4.20. The van der Waals surface area contributed by atoms with Crippen LogP contribution >= 0.6 is 0 Å². The molecule has 0 bridgehead atoms. The van der Waals surface area contributed by atoms with Crippen molar-refractivity contribution in [3.8, 4) is 0 Å². The lowest BCUT2D eigenvalue weighted by Gasteiger charge is -2.20. The lowest BCUT2D eigenvalue weighted by Crippen LogP contribution is -2.28. The van der Waals surface area contributed by atoms with E-state index >= 15 is 0 Å². The quantitative estimate of drug-likeness (QED) is 0.855. The van der Waals surface area contributed by atoms with Crippen molar-refractivity contribution in [3.63, 3.8) is 0 Å². The van der Waals surface area contributed by atoms with Crippen LogP contribution in [0.25, 0.3) is 0 Å². The predicted molar refractivity (Wildman–Crippen MR) is 71.8 cm³/mol. The largest absolute Gasteiger partial charge is 0.447 e. The fourth-order valence-electron chi connectivity index (χ4n) is 2.42. The second-order valence-corrected chi connectivity index (χ2v) is 4.83. The van der Waals surface area contributed by atoms with Crippen molar-refractivity contribution in [2.45, 2.75) is 19.5 Å². The van der Waals surface area contributed by atoms with Crippen LogP contribution in [0.15, 0.2) is 30.3 Å². The number of ether oxygens (including phenoxy) is 1. The van der Waals surface area contributed by atoms with Gasteiger partial charge in [0.1, 0.15) is 18.3 Å². The lowest BCUT2D eigenvalue weighted by molar-refractivity contribution is 0.155. The molecule has 1 aliphatic heterocycles. The Balaban J connectivity index is 1.86. The molecule has 1 fully saturated rings. The van der Waals surface area contributed by atoms with Gasteiger partial charge >= 0.3 is 6.09 Å². The van der Waals surface area contributed by atoms with Crippen molar-refractivity contribution in [1.29, 1.82) is 0 Å². The zero-order chi connectivity index (χ0) is 14.1. The first-order valence-electron chi connectivity index (χ1n) is 6.50. The van der Waals surface area contributed by atoms with Crippen LogP contribution < -0.4 is 0 Å². The lowest BCUT2D eigenvalue weighted by atomic mass is 10.1. The van der Waals surface area contributed by atoms with Crippen LogP contribution in [0.2, 0.25) is 0 Å². The van der Waals surface area contributed by atoms with Gasteiger partial charge in [0.05, 0.1) is 12.6 Å². The Morgan fingerprint density at radius 3 is 2.75 bits per heavy atom. The summed E-state index contributed by atoms with van der Waals surface area (Å²) in [6.45, 7) is 2.61. The molecule has 6 nitrogen and oxygen atoms in total. The van der Waals surface area contributed by atoms with Crippen LogP contribution in [0.1, 0.15) is 23.3 Å². The summed E-state index contributed by atoms with van der Waals surface area (Å²) in [4.78, 5) is 18.0. The molecule has 0 unspecified atom stereocenters. The van der Waals surface area contributed by atoms with E-state index in [-0.39, 0.29) is 12.1 Å². The molecule has 0 saturated carbocycles. The molecule has 1 aromatic heterocycles. The summed E-state index contributed by atoms with van der Waals surface area (Å²) >= 11 is 0. The highest BCUT2D eigenvalue weighted by Crippen LogP contribution is 2.28. The van der Waals surface area contributed by atoms with E-state index in [1.807, 2.05) is 44.3 Å². The molecule has 1 aliphatic rings. The molecular weight excluding hydrogens is 256 g/mol. The van der Waals surface area contributed by atoms with Crippen LogP contribution in [0.4, 0.5) is 4.79 Å². The molecule has 6 heteroatoms. The van der Waals surface area contributed by atoms with E-state index in [0.29, 0.717) is 19.0 Å². The Bertz CT molecular complexity index is 623. The monoisotopic (exact) mass is 272 g/mol. The van der Waals surface area contributed by atoms with E-state index in [2.05, 4.69) is 10.1 Å². The van der Waals surface area contributed by atoms with Gasteiger partial charge in [-0.25, -0.2) is 9.78 Å². The highest BCUT2D eigenvalue weighted by atomic mass is 16.6. The summed E-state index contributed by atoms with van der Waals surface area (Å²) in [7, 11) is 1.83. The third-order valence-electron chi connectivity index (χ3n) is 3.43. The van der Waals surface area contributed by atoms with Gasteiger partial charge in [0.25, 0.3) is 0 Å². The molecule has 0 N–H and O–H groups in total. The SMILES string of the molecule is Cc1nc(CN2C(=O)OC[C@@H]2c2ccccc2)n(C)n1. The highest BCUT2D eigenvalue weighted by molar-refractivity contribution is 5.70. The van der Waals surface area contributed by atoms with Gasteiger partial charge in [-0.3, -0.25) is 9.58 Å². The van der Waals surface area contributed by atoms with Crippen molar-refractivity contribution in [2.24, 2.45) is 7.05 Å². The Morgan fingerprint density at radius 2 is 2.10 bits per heavy atom. The summed E-state index contributed by atoms with van der Waals surface area (Å²) in [5.74, 6) is 1.45. The fraction of sp³-hybridized carbons (Fsp3) is 0.357. The average molecular weight is 272 g/mol. The van der Waals surface area contributed by atoms with Crippen LogP contribution in [-0.4, -0.2) is 32.4 Å². The Morgan fingerprint density at radius 1 is 1.35 bits per heavy atom. The molecule has 1 amide bonds. The number of aromatic nitrogens is 3. The highest BCUT2D eigenvalue weighted by Gasteiger charge is 2.34. The molecule has 0 spiro atoms. The van der Waals surface area contributed by atoms with Gasteiger partial charge in [-0.05, 0) is 12.5 Å². The maximum Gasteiger partial charge on any atom is 0.410 e. The average Bonchev–Trinajstić information content (AvgIpc) is 2.95. The van der Waals surface area contributed by atoms with Gasteiger partial charge in [-0.15, -0.1) is 0 Å². The maximum absolute atomic E-state index is 11.9. The molecule has 2 aromatic rings. The molecule has 1 atom stereocenters. The van der Waals surface area contributed by atoms with Crippen LogP contribution in [0.3, 0.4) is 0 Å². The third kappa shape index (κ3) is 2.24. The molecule has 1 saturated heterocycles. The number of hydrogen-bond acceptors (Lipinski definition) is 4. The van der Waals surface area contributed by atoms with Gasteiger partial charge < -0.3 is 4.74 Å². The summed E-state index contributed by atoms with van der Waals surface area (Å²) in [6, 6.07) is 9.81. The van der Waals surface area contributed by atoms with Gasteiger partial charge in [0.2, 0.25) is 0 Å². The second kappa shape index (κ2) is 4.96. The van der Waals surface area contributed by atoms with Crippen LogP contribution in [0.5, 0.6) is 0 Å². The fourth-order valence-corrected chi connectivity index (χ4v) is 2.42. The molecule has 0 radical (unpaired) electrons. The van der Waals surface area contributed by atoms with E-state index in [0.717, 1.165) is 11.4 Å². The topological polar surface area (TPSA) is 60.3 Å². The summed E-state index contributed by atoms with van der Waals surface area (Å²) in [6.07, 6.45) is -0.306. The normalized spacial score (nSPS) is 18.4. The number of benzene rings is 1. The minimum atomic E-state index is -0.306. The van der Waals surface area contributed by atoms with Crippen molar-refractivity contribution < 1.29 is 9.53 Å². The van der Waals surface area contributed by atoms with Gasteiger partial charge in [0, 0.05) is 7.05 Å².